The van der Waals surface area contributed by atoms with E-state index in [9.17, 15) is 13.2 Å². The highest BCUT2D eigenvalue weighted by molar-refractivity contribution is 5.55. The van der Waals surface area contributed by atoms with Crippen LogP contribution < -0.4 is 9.64 Å². The summed E-state index contributed by atoms with van der Waals surface area (Å²) < 4.78 is 42.4. The Labute approximate surface area is 148 Å². The average Bonchev–Trinajstić information content (AvgIpc) is 2.51. The fourth-order valence-electron chi connectivity index (χ4n) is 3.08. The summed E-state index contributed by atoms with van der Waals surface area (Å²) in [6, 6.07) is 5.20. The zero-order valence-corrected chi connectivity index (χ0v) is 15.6. The summed E-state index contributed by atoms with van der Waals surface area (Å²) in [7, 11) is 0. The van der Waals surface area contributed by atoms with Gasteiger partial charge in [-0.2, -0.15) is 0 Å². The molecule has 1 aliphatic heterocycles. The smallest absolute Gasteiger partial charge is 0.405 e. The number of rotatable bonds is 6. The van der Waals surface area contributed by atoms with E-state index < -0.39 is 6.36 Å². The number of hydrogen-bond donors (Lipinski definition) is 0. The van der Waals surface area contributed by atoms with Crippen molar-refractivity contribution in [2.45, 2.75) is 46.4 Å². The number of ether oxygens (including phenoxy) is 1. The molecule has 0 aliphatic carbocycles. The van der Waals surface area contributed by atoms with Crippen molar-refractivity contribution in [2.24, 2.45) is 5.92 Å². The highest BCUT2D eigenvalue weighted by Gasteiger charge is 2.33. The van der Waals surface area contributed by atoms with Gasteiger partial charge in [0.2, 0.25) is 0 Å². The van der Waals surface area contributed by atoms with Crippen LogP contribution in [0.5, 0.6) is 5.75 Å². The molecule has 3 nitrogen and oxygen atoms in total. The summed E-state index contributed by atoms with van der Waals surface area (Å²) in [6.45, 7) is 12.8. The molecule has 142 valence electrons. The summed E-state index contributed by atoms with van der Waals surface area (Å²) in [5, 5.41) is 0. The van der Waals surface area contributed by atoms with Gasteiger partial charge >= 0.3 is 6.36 Å². The molecule has 0 radical (unpaired) electrons. The maximum absolute atomic E-state index is 12.7. The van der Waals surface area contributed by atoms with E-state index in [1.54, 1.807) is 6.07 Å². The molecule has 1 saturated heterocycles. The fraction of sp³-hybridized carbons (Fsp3) is 0.684. The SMILES string of the molecule is CC(C)CCN1CCN(c2ccc(C(C)C)c(OC(F)(F)F)c2)CC1. The average molecular weight is 358 g/mol. The quantitative estimate of drug-likeness (QED) is 0.721. The first-order chi connectivity index (χ1) is 11.7. The van der Waals surface area contributed by atoms with Gasteiger partial charge in [-0.15, -0.1) is 13.2 Å². The molecule has 0 spiro atoms. The Bertz CT molecular complexity index is 550. The van der Waals surface area contributed by atoms with Crippen LogP contribution in [0.2, 0.25) is 0 Å². The van der Waals surface area contributed by atoms with E-state index in [1.807, 2.05) is 19.9 Å². The van der Waals surface area contributed by atoms with E-state index in [-0.39, 0.29) is 11.7 Å². The van der Waals surface area contributed by atoms with E-state index in [2.05, 4.69) is 28.4 Å². The van der Waals surface area contributed by atoms with Gasteiger partial charge in [-0.05, 0) is 36.4 Å². The van der Waals surface area contributed by atoms with Crippen molar-refractivity contribution in [2.75, 3.05) is 37.6 Å². The minimum Gasteiger partial charge on any atom is -0.405 e. The monoisotopic (exact) mass is 358 g/mol. The third-order valence-corrected chi connectivity index (χ3v) is 4.60. The summed E-state index contributed by atoms with van der Waals surface area (Å²) in [4.78, 5) is 4.56. The molecule has 0 atom stereocenters. The maximum Gasteiger partial charge on any atom is 0.573 e. The zero-order valence-electron chi connectivity index (χ0n) is 15.6. The van der Waals surface area contributed by atoms with Crippen molar-refractivity contribution in [1.29, 1.82) is 0 Å². The van der Waals surface area contributed by atoms with Gasteiger partial charge in [-0.3, -0.25) is 4.90 Å². The second kappa shape index (κ2) is 8.30. The summed E-state index contributed by atoms with van der Waals surface area (Å²) in [6.07, 6.45) is -3.50. The van der Waals surface area contributed by atoms with E-state index in [4.69, 9.17) is 0 Å². The lowest BCUT2D eigenvalue weighted by Gasteiger charge is -2.36. The third kappa shape index (κ3) is 6.10. The molecule has 0 aromatic heterocycles. The molecule has 6 heteroatoms. The van der Waals surface area contributed by atoms with Gasteiger partial charge in [-0.1, -0.05) is 33.8 Å². The number of nitrogens with zero attached hydrogens (tertiary/aromatic N) is 2. The molecule has 1 heterocycles. The highest BCUT2D eigenvalue weighted by atomic mass is 19.4. The predicted octanol–water partition coefficient (Wildman–Crippen LogP) is 4.88. The minimum atomic E-state index is -4.67. The lowest BCUT2D eigenvalue weighted by molar-refractivity contribution is -0.274. The molecule has 1 aliphatic rings. The minimum absolute atomic E-state index is 0.0284. The first-order valence-corrected chi connectivity index (χ1v) is 9.02. The molecule has 1 aromatic rings. The standard InChI is InChI=1S/C19H29F3N2O/c1-14(2)7-8-23-9-11-24(12-10-23)16-5-6-17(15(3)4)18(13-16)25-19(20,21)22/h5-6,13-15H,7-12H2,1-4H3. The van der Waals surface area contributed by atoms with Crippen molar-refractivity contribution in [1.82, 2.24) is 4.90 Å². The molecular weight excluding hydrogens is 329 g/mol. The van der Waals surface area contributed by atoms with Crippen LogP contribution in [-0.2, 0) is 0 Å². The number of alkyl halides is 3. The van der Waals surface area contributed by atoms with E-state index in [0.717, 1.165) is 38.4 Å². The van der Waals surface area contributed by atoms with Crippen LogP contribution in [0.1, 0.15) is 45.6 Å². The Kier molecular flexibility index (Phi) is 6.60. The second-order valence-electron chi connectivity index (χ2n) is 7.44. The van der Waals surface area contributed by atoms with Gasteiger partial charge in [0.05, 0.1) is 0 Å². The van der Waals surface area contributed by atoms with Crippen molar-refractivity contribution in [3.05, 3.63) is 23.8 Å². The van der Waals surface area contributed by atoms with Crippen LogP contribution in [0.15, 0.2) is 18.2 Å². The Balaban J connectivity index is 2.06. The first kappa shape index (κ1) is 19.9. The van der Waals surface area contributed by atoms with E-state index in [1.165, 1.54) is 12.5 Å². The Morgan fingerprint density at radius 3 is 2.20 bits per heavy atom. The van der Waals surface area contributed by atoms with Crippen LogP contribution in [0.25, 0.3) is 0 Å². The number of hydrogen-bond acceptors (Lipinski definition) is 3. The lowest BCUT2D eigenvalue weighted by atomic mass is 10.0. The molecule has 0 N–H and O–H groups in total. The molecule has 0 bridgehead atoms. The summed E-state index contributed by atoms with van der Waals surface area (Å²) in [5.41, 5.74) is 1.38. The molecule has 2 rings (SSSR count). The third-order valence-electron chi connectivity index (χ3n) is 4.60. The molecular formula is C19H29F3N2O. The first-order valence-electron chi connectivity index (χ1n) is 9.02. The fourth-order valence-corrected chi connectivity index (χ4v) is 3.08. The normalized spacial score (nSPS) is 16.8. The summed E-state index contributed by atoms with van der Waals surface area (Å²) >= 11 is 0. The van der Waals surface area contributed by atoms with Gasteiger partial charge in [0.15, 0.2) is 0 Å². The van der Waals surface area contributed by atoms with Crippen molar-refractivity contribution >= 4 is 5.69 Å². The van der Waals surface area contributed by atoms with Crippen molar-refractivity contribution in [3.8, 4) is 5.75 Å². The van der Waals surface area contributed by atoms with Crippen molar-refractivity contribution in [3.63, 3.8) is 0 Å². The molecule has 0 amide bonds. The highest BCUT2D eigenvalue weighted by Crippen LogP contribution is 2.34. The maximum atomic E-state index is 12.7. The van der Waals surface area contributed by atoms with Gasteiger partial charge in [0, 0.05) is 37.9 Å². The van der Waals surface area contributed by atoms with Crippen molar-refractivity contribution < 1.29 is 17.9 Å². The predicted molar refractivity (Wildman–Crippen MR) is 95.3 cm³/mol. The van der Waals surface area contributed by atoms with E-state index in [0.29, 0.717) is 11.5 Å². The zero-order chi connectivity index (χ0) is 18.6. The Morgan fingerprint density at radius 2 is 1.68 bits per heavy atom. The molecule has 25 heavy (non-hydrogen) atoms. The largest absolute Gasteiger partial charge is 0.573 e. The Morgan fingerprint density at radius 1 is 1.04 bits per heavy atom. The number of benzene rings is 1. The van der Waals surface area contributed by atoms with Gasteiger partial charge < -0.3 is 9.64 Å². The van der Waals surface area contributed by atoms with Gasteiger partial charge in [0.1, 0.15) is 5.75 Å². The van der Waals surface area contributed by atoms with Gasteiger partial charge in [0.25, 0.3) is 0 Å². The van der Waals surface area contributed by atoms with Crippen LogP contribution in [-0.4, -0.2) is 44.0 Å². The molecule has 0 saturated carbocycles. The topological polar surface area (TPSA) is 15.7 Å². The second-order valence-corrected chi connectivity index (χ2v) is 7.44. The van der Waals surface area contributed by atoms with Crippen LogP contribution in [0.3, 0.4) is 0 Å². The number of halogens is 3. The molecule has 0 unspecified atom stereocenters. The molecule has 1 fully saturated rings. The lowest BCUT2D eigenvalue weighted by Crippen LogP contribution is -2.46. The van der Waals surface area contributed by atoms with E-state index >= 15 is 0 Å². The number of piperazine rings is 1. The van der Waals surface area contributed by atoms with Crippen LogP contribution in [0.4, 0.5) is 18.9 Å². The number of anilines is 1. The molecule has 1 aromatic carbocycles. The Hall–Kier alpha value is -1.43. The summed E-state index contributed by atoms with van der Waals surface area (Å²) in [5.74, 6) is 0.574. The van der Waals surface area contributed by atoms with Gasteiger partial charge in [-0.25, -0.2) is 0 Å². The van der Waals surface area contributed by atoms with Crippen LogP contribution >= 0.6 is 0 Å². The van der Waals surface area contributed by atoms with Crippen LogP contribution in [0, 0.1) is 5.92 Å².